The second-order valence-electron chi connectivity index (χ2n) is 4.08. The Kier molecular flexibility index (Phi) is 5.17. The molecule has 0 aliphatic heterocycles. The largest absolute Gasteiger partial charge is 0.349 e. The van der Waals surface area contributed by atoms with E-state index in [2.05, 4.69) is 28.2 Å². The van der Waals surface area contributed by atoms with Crippen LogP contribution in [0.3, 0.4) is 0 Å². The SMILES string of the molecule is CC(CBr)C(C)NC(=O)c1ccc(C#N)cc1. The maximum atomic E-state index is 11.9. The maximum Gasteiger partial charge on any atom is 0.251 e. The molecule has 0 radical (unpaired) electrons. The summed E-state index contributed by atoms with van der Waals surface area (Å²) in [5.74, 6) is 0.270. The molecule has 0 spiro atoms. The van der Waals surface area contributed by atoms with E-state index in [1.165, 1.54) is 0 Å². The fourth-order valence-electron chi connectivity index (χ4n) is 1.26. The minimum atomic E-state index is -0.102. The highest BCUT2D eigenvalue weighted by atomic mass is 79.9. The van der Waals surface area contributed by atoms with Crippen molar-refractivity contribution in [2.75, 3.05) is 5.33 Å². The molecule has 0 aromatic heterocycles. The molecule has 1 rings (SSSR count). The summed E-state index contributed by atoms with van der Waals surface area (Å²) in [7, 11) is 0. The zero-order valence-corrected chi connectivity index (χ0v) is 11.5. The molecule has 3 nitrogen and oxygen atoms in total. The van der Waals surface area contributed by atoms with Gasteiger partial charge in [-0.15, -0.1) is 0 Å². The second-order valence-corrected chi connectivity index (χ2v) is 4.73. The lowest BCUT2D eigenvalue weighted by Crippen LogP contribution is -2.37. The molecule has 4 heteroatoms. The molecule has 0 aliphatic carbocycles. The standard InChI is InChI=1S/C13H15BrN2O/c1-9(7-14)10(2)16-13(17)12-5-3-11(8-15)4-6-12/h3-6,9-10H,7H2,1-2H3,(H,16,17). The van der Waals surface area contributed by atoms with Crippen molar-refractivity contribution in [2.45, 2.75) is 19.9 Å². The first-order valence-electron chi connectivity index (χ1n) is 5.45. The Bertz CT molecular complexity index is 422. The number of nitriles is 1. The van der Waals surface area contributed by atoms with Crippen LogP contribution in [0.4, 0.5) is 0 Å². The number of alkyl halides is 1. The molecule has 0 saturated heterocycles. The number of carbonyl (C=O) groups excluding carboxylic acids is 1. The molecule has 2 unspecified atom stereocenters. The topological polar surface area (TPSA) is 52.9 Å². The average molecular weight is 295 g/mol. The summed E-state index contributed by atoms with van der Waals surface area (Å²) in [6.45, 7) is 4.05. The smallest absolute Gasteiger partial charge is 0.251 e. The highest BCUT2D eigenvalue weighted by molar-refractivity contribution is 9.09. The number of hydrogen-bond acceptors (Lipinski definition) is 2. The van der Waals surface area contributed by atoms with Crippen LogP contribution in [-0.4, -0.2) is 17.3 Å². The van der Waals surface area contributed by atoms with Crippen molar-refractivity contribution in [2.24, 2.45) is 5.92 Å². The molecule has 0 fully saturated rings. The third-order valence-electron chi connectivity index (χ3n) is 2.73. The zero-order valence-electron chi connectivity index (χ0n) is 9.90. The van der Waals surface area contributed by atoms with Crippen molar-refractivity contribution in [3.63, 3.8) is 0 Å². The lowest BCUT2D eigenvalue weighted by atomic mass is 10.1. The molecule has 0 bridgehead atoms. The van der Waals surface area contributed by atoms with Crippen molar-refractivity contribution in [3.05, 3.63) is 35.4 Å². The fourth-order valence-corrected chi connectivity index (χ4v) is 1.82. The normalized spacial score (nSPS) is 13.5. The molecular formula is C13H15BrN2O. The van der Waals surface area contributed by atoms with Crippen LogP contribution < -0.4 is 5.32 Å². The van der Waals surface area contributed by atoms with Gasteiger partial charge in [-0.2, -0.15) is 5.26 Å². The molecule has 0 heterocycles. The van der Waals surface area contributed by atoms with Crippen LogP contribution in [0.15, 0.2) is 24.3 Å². The van der Waals surface area contributed by atoms with Crippen LogP contribution in [0, 0.1) is 17.2 Å². The molecule has 0 aliphatic rings. The van der Waals surface area contributed by atoms with Crippen molar-refractivity contribution in [3.8, 4) is 6.07 Å². The van der Waals surface area contributed by atoms with E-state index in [9.17, 15) is 4.79 Å². The minimum absolute atomic E-state index is 0.102. The molecule has 1 aromatic rings. The first-order valence-corrected chi connectivity index (χ1v) is 6.57. The van der Waals surface area contributed by atoms with Gasteiger partial charge in [-0.1, -0.05) is 22.9 Å². The van der Waals surface area contributed by atoms with Gasteiger partial charge in [-0.05, 0) is 37.1 Å². The summed E-state index contributed by atoms with van der Waals surface area (Å²) in [5, 5.41) is 12.4. The molecular weight excluding hydrogens is 280 g/mol. The van der Waals surface area contributed by atoms with Crippen LogP contribution in [0.1, 0.15) is 29.8 Å². The number of rotatable bonds is 4. The van der Waals surface area contributed by atoms with Gasteiger partial charge in [-0.3, -0.25) is 4.79 Å². The van der Waals surface area contributed by atoms with E-state index in [0.29, 0.717) is 17.0 Å². The first kappa shape index (κ1) is 13.7. The van der Waals surface area contributed by atoms with Crippen LogP contribution in [-0.2, 0) is 0 Å². The van der Waals surface area contributed by atoms with Gasteiger partial charge in [0.15, 0.2) is 0 Å². The van der Waals surface area contributed by atoms with E-state index in [1.54, 1.807) is 24.3 Å². The van der Waals surface area contributed by atoms with E-state index >= 15 is 0 Å². The Balaban J connectivity index is 2.67. The third-order valence-corrected chi connectivity index (χ3v) is 3.75. The van der Waals surface area contributed by atoms with Gasteiger partial charge < -0.3 is 5.32 Å². The summed E-state index contributed by atoms with van der Waals surface area (Å²) in [6, 6.07) is 8.76. The molecule has 2 atom stereocenters. The number of halogens is 1. The van der Waals surface area contributed by atoms with Gasteiger partial charge >= 0.3 is 0 Å². The predicted molar refractivity (Wildman–Crippen MR) is 71.0 cm³/mol. The number of nitrogens with zero attached hydrogens (tertiary/aromatic N) is 1. The number of nitrogens with one attached hydrogen (secondary N) is 1. The van der Waals surface area contributed by atoms with E-state index in [0.717, 1.165) is 5.33 Å². The number of carbonyl (C=O) groups is 1. The van der Waals surface area contributed by atoms with E-state index in [1.807, 2.05) is 13.0 Å². The second kappa shape index (κ2) is 6.41. The van der Waals surface area contributed by atoms with E-state index in [-0.39, 0.29) is 11.9 Å². The highest BCUT2D eigenvalue weighted by Crippen LogP contribution is 2.08. The summed E-state index contributed by atoms with van der Waals surface area (Å²) in [4.78, 5) is 11.9. The van der Waals surface area contributed by atoms with Crippen molar-refractivity contribution >= 4 is 21.8 Å². The summed E-state index contributed by atoms with van der Waals surface area (Å²) in [5.41, 5.74) is 1.14. The van der Waals surface area contributed by atoms with Crippen LogP contribution in [0.25, 0.3) is 0 Å². The summed E-state index contributed by atoms with van der Waals surface area (Å²) in [6.07, 6.45) is 0. The average Bonchev–Trinajstić information content (AvgIpc) is 2.37. The molecule has 1 N–H and O–H groups in total. The molecule has 0 saturated carbocycles. The number of benzene rings is 1. The lowest BCUT2D eigenvalue weighted by Gasteiger charge is -2.19. The van der Waals surface area contributed by atoms with Gasteiger partial charge in [0.1, 0.15) is 0 Å². The summed E-state index contributed by atoms with van der Waals surface area (Å²) < 4.78 is 0. The van der Waals surface area contributed by atoms with Crippen LogP contribution in [0.2, 0.25) is 0 Å². The third kappa shape index (κ3) is 3.86. The Labute approximate surface area is 110 Å². The molecule has 90 valence electrons. The predicted octanol–water partition coefficient (Wildman–Crippen LogP) is 2.71. The van der Waals surface area contributed by atoms with Crippen molar-refractivity contribution in [1.82, 2.24) is 5.32 Å². The van der Waals surface area contributed by atoms with Gasteiger partial charge in [-0.25, -0.2) is 0 Å². The first-order chi connectivity index (χ1) is 8.08. The van der Waals surface area contributed by atoms with Crippen molar-refractivity contribution < 1.29 is 4.79 Å². The van der Waals surface area contributed by atoms with Gasteiger partial charge in [0.05, 0.1) is 11.6 Å². The Hall–Kier alpha value is -1.34. The maximum absolute atomic E-state index is 11.9. The number of hydrogen-bond donors (Lipinski definition) is 1. The Morgan fingerprint density at radius 3 is 2.47 bits per heavy atom. The van der Waals surface area contributed by atoms with Gasteiger partial charge in [0.25, 0.3) is 5.91 Å². The van der Waals surface area contributed by atoms with Crippen LogP contribution in [0.5, 0.6) is 0 Å². The quantitative estimate of drug-likeness (QED) is 0.868. The summed E-state index contributed by atoms with van der Waals surface area (Å²) >= 11 is 3.39. The fraction of sp³-hybridized carbons (Fsp3) is 0.385. The zero-order chi connectivity index (χ0) is 12.8. The minimum Gasteiger partial charge on any atom is -0.349 e. The van der Waals surface area contributed by atoms with E-state index in [4.69, 9.17) is 5.26 Å². The number of amides is 1. The molecule has 1 aromatic carbocycles. The highest BCUT2D eigenvalue weighted by Gasteiger charge is 2.14. The van der Waals surface area contributed by atoms with Gasteiger partial charge in [0.2, 0.25) is 0 Å². The van der Waals surface area contributed by atoms with E-state index < -0.39 is 0 Å². The Morgan fingerprint density at radius 1 is 1.41 bits per heavy atom. The van der Waals surface area contributed by atoms with Crippen LogP contribution >= 0.6 is 15.9 Å². The van der Waals surface area contributed by atoms with Crippen molar-refractivity contribution in [1.29, 1.82) is 5.26 Å². The monoisotopic (exact) mass is 294 g/mol. The Morgan fingerprint density at radius 2 is 2.00 bits per heavy atom. The molecule has 1 amide bonds. The molecule has 17 heavy (non-hydrogen) atoms. The van der Waals surface area contributed by atoms with Gasteiger partial charge in [0, 0.05) is 16.9 Å². The lowest BCUT2D eigenvalue weighted by molar-refractivity contribution is 0.0931.